The molecule has 10 heteroatoms. The van der Waals surface area contributed by atoms with Crippen LogP contribution in [0.1, 0.15) is 22.2 Å². The van der Waals surface area contributed by atoms with Gasteiger partial charge in [0, 0.05) is 18.3 Å². The van der Waals surface area contributed by atoms with Gasteiger partial charge in [-0.15, -0.1) is 11.3 Å². The van der Waals surface area contributed by atoms with E-state index in [1.807, 2.05) is 0 Å². The molecule has 0 amide bonds. The first-order valence-corrected chi connectivity index (χ1v) is 8.73. The predicted molar refractivity (Wildman–Crippen MR) is 78.3 cm³/mol. The number of nitrogens with one attached hydrogen (secondary N) is 1. The molecule has 22 heavy (non-hydrogen) atoms. The maximum atomic E-state index is 12.2. The average Bonchev–Trinajstić information content (AvgIpc) is 2.96. The normalized spacial score (nSPS) is 11.7. The molecule has 2 aromatic heterocycles. The topological polar surface area (TPSA) is 122 Å². The van der Waals surface area contributed by atoms with Gasteiger partial charge in [0.1, 0.15) is 10.6 Å². The Morgan fingerprint density at radius 3 is 2.77 bits per heavy atom. The Bertz CT molecular complexity index is 759. The van der Waals surface area contributed by atoms with Crippen molar-refractivity contribution in [3.05, 3.63) is 27.5 Å². The maximum Gasteiger partial charge on any atom is 0.309 e. The van der Waals surface area contributed by atoms with Crippen molar-refractivity contribution in [2.45, 2.75) is 31.6 Å². The molecule has 0 bridgehead atoms. The van der Waals surface area contributed by atoms with Crippen LogP contribution in [0, 0.1) is 13.8 Å². The van der Waals surface area contributed by atoms with Crippen LogP contribution in [0.5, 0.6) is 0 Å². The molecule has 0 fully saturated rings. The average molecular weight is 345 g/mol. The van der Waals surface area contributed by atoms with Crippen molar-refractivity contribution < 1.29 is 22.8 Å². The van der Waals surface area contributed by atoms with Gasteiger partial charge >= 0.3 is 5.97 Å². The Hall–Kier alpha value is -1.78. The summed E-state index contributed by atoms with van der Waals surface area (Å²) in [5.41, 5.74) is 0.782. The molecule has 0 saturated heterocycles. The molecule has 0 aliphatic carbocycles. The maximum absolute atomic E-state index is 12.2. The molecule has 0 aliphatic heterocycles. The fourth-order valence-electron chi connectivity index (χ4n) is 1.92. The van der Waals surface area contributed by atoms with Gasteiger partial charge in [0.25, 0.3) is 0 Å². The first kappa shape index (κ1) is 16.6. The largest absolute Gasteiger partial charge is 0.481 e. The quantitative estimate of drug-likeness (QED) is 0.764. The lowest BCUT2D eigenvalue weighted by molar-refractivity contribution is -0.136. The number of hydrogen-bond donors (Lipinski definition) is 2. The van der Waals surface area contributed by atoms with Gasteiger partial charge in [-0.1, -0.05) is 5.16 Å². The van der Waals surface area contributed by atoms with E-state index in [1.165, 1.54) is 18.3 Å². The number of carboxylic acids is 1. The van der Waals surface area contributed by atoms with E-state index < -0.39 is 16.0 Å². The van der Waals surface area contributed by atoms with Gasteiger partial charge < -0.3 is 9.63 Å². The van der Waals surface area contributed by atoms with Crippen LogP contribution in [-0.2, 0) is 27.7 Å². The molecule has 2 rings (SSSR count). The molecule has 8 nitrogen and oxygen atoms in total. The molecule has 0 aromatic carbocycles. The van der Waals surface area contributed by atoms with Crippen molar-refractivity contribution in [3.63, 3.8) is 0 Å². The number of rotatable bonds is 7. The number of aliphatic carboxylic acids is 1. The van der Waals surface area contributed by atoms with Crippen molar-refractivity contribution in [2.75, 3.05) is 6.54 Å². The molecule has 0 radical (unpaired) electrons. The molecule has 0 aliphatic rings. The molecule has 0 atom stereocenters. The van der Waals surface area contributed by atoms with Crippen LogP contribution in [0.2, 0.25) is 0 Å². The Kier molecular flexibility index (Phi) is 4.94. The third-order valence-electron chi connectivity index (χ3n) is 2.80. The monoisotopic (exact) mass is 345 g/mol. The molecule has 0 saturated carbocycles. The summed E-state index contributed by atoms with van der Waals surface area (Å²) in [5.74, 6) is -0.709. The second-order valence-corrected chi connectivity index (χ2v) is 7.25. The van der Waals surface area contributed by atoms with Crippen LogP contribution < -0.4 is 4.72 Å². The molecule has 2 heterocycles. The van der Waals surface area contributed by atoms with Crippen LogP contribution >= 0.6 is 11.3 Å². The van der Waals surface area contributed by atoms with E-state index in [2.05, 4.69) is 14.9 Å². The van der Waals surface area contributed by atoms with Crippen molar-refractivity contribution >= 4 is 27.3 Å². The van der Waals surface area contributed by atoms with Crippen molar-refractivity contribution in [2.24, 2.45) is 0 Å². The zero-order chi connectivity index (χ0) is 16.3. The predicted octanol–water partition coefficient (Wildman–Crippen LogP) is 0.896. The first-order chi connectivity index (χ1) is 10.3. The first-order valence-electron chi connectivity index (χ1n) is 6.37. The smallest absolute Gasteiger partial charge is 0.309 e. The Morgan fingerprint density at radius 1 is 1.45 bits per heavy atom. The summed E-state index contributed by atoms with van der Waals surface area (Å²) in [6.07, 6.45) is 0.244. The highest BCUT2D eigenvalue weighted by Crippen LogP contribution is 2.18. The van der Waals surface area contributed by atoms with Gasteiger partial charge in [0.15, 0.2) is 5.76 Å². The molecule has 0 spiro atoms. The number of aromatic nitrogens is 2. The lowest BCUT2D eigenvalue weighted by Gasteiger charge is -2.04. The third-order valence-corrected chi connectivity index (χ3v) is 5.46. The Morgan fingerprint density at radius 2 is 2.18 bits per heavy atom. The van der Waals surface area contributed by atoms with Crippen LogP contribution in [0.15, 0.2) is 14.8 Å². The molecule has 2 N–H and O–H groups in total. The number of hydrogen-bond acceptors (Lipinski definition) is 7. The molecular weight excluding hydrogens is 330 g/mol. The molecule has 2 aromatic rings. The number of aryl methyl sites for hydroxylation is 2. The molecular formula is C12H15N3O5S2. The lowest BCUT2D eigenvalue weighted by atomic mass is 10.3. The van der Waals surface area contributed by atoms with E-state index in [9.17, 15) is 13.2 Å². The summed E-state index contributed by atoms with van der Waals surface area (Å²) >= 11 is 1.31. The van der Waals surface area contributed by atoms with E-state index in [-0.39, 0.29) is 23.6 Å². The fraction of sp³-hybridized carbons (Fsp3) is 0.417. The number of sulfonamides is 1. The minimum Gasteiger partial charge on any atom is -0.481 e. The zero-order valence-electron chi connectivity index (χ0n) is 12.0. The highest BCUT2D eigenvalue weighted by molar-refractivity contribution is 7.89. The van der Waals surface area contributed by atoms with E-state index >= 15 is 0 Å². The zero-order valence-corrected chi connectivity index (χ0v) is 13.6. The highest BCUT2D eigenvalue weighted by Gasteiger charge is 2.23. The van der Waals surface area contributed by atoms with Gasteiger partial charge in [-0.3, -0.25) is 4.79 Å². The number of carboxylic acid groups (broad SMARTS) is 1. The van der Waals surface area contributed by atoms with E-state index in [0.29, 0.717) is 22.8 Å². The molecule has 120 valence electrons. The summed E-state index contributed by atoms with van der Waals surface area (Å²) in [5, 5.41) is 14.6. The van der Waals surface area contributed by atoms with Crippen molar-refractivity contribution in [3.8, 4) is 0 Å². The van der Waals surface area contributed by atoms with Crippen LogP contribution in [0.25, 0.3) is 0 Å². The Labute approximate surface area is 131 Å². The SMILES string of the molecule is Cc1noc(C)c1S(=O)(=O)NCCc1nc(CC(=O)O)cs1. The number of carbonyl (C=O) groups is 1. The van der Waals surface area contributed by atoms with Gasteiger partial charge in [-0.25, -0.2) is 18.1 Å². The summed E-state index contributed by atoms with van der Waals surface area (Å²) < 4.78 is 31.7. The number of nitrogens with zero attached hydrogens (tertiary/aromatic N) is 2. The number of thiazole rings is 1. The summed E-state index contributed by atoms with van der Waals surface area (Å²) in [7, 11) is -3.68. The van der Waals surface area contributed by atoms with Crippen LogP contribution in [-0.4, -0.2) is 36.2 Å². The van der Waals surface area contributed by atoms with Crippen molar-refractivity contribution in [1.29, 1.82) is 0 Å². The fourth-order valence-corrected chi connectivity index (χ4v) is 4.08. The van der Waals surface area contributed by atoms with Crippen molar-refractivity contribution in [1.82, 2.24) is 14.9 Å². The summed E-state index contributed by atoms with van der Waals surface area (Å²) in [6, 6.07) is 0. The van der Waals surface area contributed by atoms with E-state index in [1.54, 1.807) is 12.3 Å². The minimum atomic E-state index is -3.68. The van der Waals surface area contributed by atoms with Gasteiger partial charge in [-0.05, 0) is 13.8 Å². The third kappa shape index (κ3) is 3.90. The summed E-state index contributed by atoms with van der Waals surface area (Å²) in [6.45, 7) is 3.25. The summed E-state index contributed by atoms with van der Waals surface area (Å²) in [4.78, 5) is 14.8. The van der Waals surface area contributed by atoms with Gasteiger partial charge in [0.2, 0.25) is 10.0 Å². The van der Waals surface area contributed by atoms with Crippen LogP contribution in [0.3, 0.4) is 0 Å². The Balaban J connectivity index is 1.96. The standard InChI is InChI=1S/C12H15N3O5S2/c1-7-12(8(2)20-15-7)22(18,19)13-4-3-10-14-9(6-21-10)5-11(16)17/h6,13H,3-5H2,1-2H3,(H,16,17). The second kappa shape index (κ2) is 6.55. The van der Waals surface area contributed by atoms with E-state index in [0.717, 1.165) is 0 Å². The highest BCUT2D eigenvalue weighted by atomic mass is 32.2. The minimum absolute atomic E-state index is 0.0539. The van der Waals surface area contributed by atoms with Crippen LogP contribution in [0.4, 0.5) is 0 Å². The lowest BCUT2D eigenvalue weighted by Crippen LogP contribution is -2.26. The van der Waals surface area contributed by atoms with Gasteiger partial charge in [-0.2, -0.15) is 0 Å². The van der Waals surface area contributed by atoms with E-state index in [4.69, 9.17) is 9.63 Å². The van der Waals surface area contributed by atoms with Gasteiger partial charge in [0.05, 0.1) is 17.1 Å². The second-order valence-electron chi connectivity index (χ2n) is 4.60. The molecule has 0 unspecified atom stereocenters.